The standard InChI is InChI=1S/C17H17ClN4O2S/c1-23-14-5-7-15(8-6-14)24-9-10-25-17-21-20-16(22(17)19)12-3-2-4-13(18)11-12/h2-8,11H,9-10,19H2,1H3. The number of nitrogen functional groups attached to an aromatic ring is 1. The van der Waals surface area contributed by atoms with E-state index in [2.05, 4.69) is 10.2 Å². The van der Waals surface area contributed by atoms with Crippen LogP contribution in [0.2, 0.25) is 5.02 Å². The Morgan fingerprint density at radius 1 is 1.12 bits per heavy atom. The smallest absolute Gasteiger partial charge is 0.210 e. The number of hydrogen-bond donors (Lipinski definition) is 1. The molecule has 2 aromatic carbocycles. The third kappa shape index (κ3) is 4.37. The van der Waals surface area contributed by atoms with Crippen LogP contribution >= 0.6 is 23.4 Å². The van der Waals surface area contributed by atoms with E-state index in [-0.39, 0.29) is 0 Å². The van der Waals surface area contributed by atoms with E-state index in [0.717, 1.165) is 17.1 Å². The normalized spacial score (nSPS) is 10.6. The summed E-state index contributed by atoms with van der Waals surface area (Å²) in [6.07, 6.45) is 0. The molecule has 0 atom stereocenters. The summed E-state index contributed by atoms with van der Waals surface area (Å²) >= 11 is 7.48. The summed E-state index contributed by atoms with van der Waals surface area (Å²) in [5.41, 5.74) is 0.823. The first-order chi connectivity index (χ1) is 12.2. The molecular formula is C17H17ClN4O2S. The van der Waals surface area contributed by atoms with Gasteiger partial charge in [-0.3, -0.25) is 0 Å². The van der Waals surface area contributed by atoms with Crippen LogP contribution < -0.4 is 15.3 Å². The Kier molecular flexibility index (Phi) is 5.67. The van der Waals surface area contributed by atoms with Crippen LogP contribution in [0.5, 0.6) is 11.5 Å². The van der Waals surface area contributed by atoms with Crippen molar-refractivity contribution in [3.05, 3.63) is 53.6 Å². The van der Waals surface area contributed by atoms with Crippen LogP contribution in [0.3, 0.4) is 0 Å². The zero-order valence-electron chi connectivity index (χ0n) is 13.6. The highest BCUT2D eigenvalue weighted by molar-refractivity contribution is 7.99. The molecule has 0 aliphatic rings. The summed E-state index contributed by atoms with van der Waals surface area (Å²) in [5.74, 6) is 8.93. The molecule has 1 aromatic heterocycles. The van der Waals surface area contributed by atoms with Crippen molar-refractivity contribution in [3.63, 3.8) is 0 Å². The van der Waals surface area contributed by atoms with E-state index >= 15 is 0 Å². The lowest BCUT2D eigenvalue weighted by molar-refractivity contribution is 0.342. The molecule has 0 bridgehead atoms. The number of halogens is 1. The van der Waals surface area contributed by atoms with Crippen LogP contribution in [0.4, 0.5) is 0 Å². The molecule has 0 saturated heterocycles. The van der Waals surface area contributed by atoms with Crippen LogP contribution in [-0.2, 0) is 0 Å². The molecule has 2 N–H and O–H groups in total. The van der Waals surface area contributed by atoms with Crippen LogP contribution in [-0.4, -0.2) is 34.3 Å². The quantitative estimate of drug-likeness (QED) is 0.386. The van der Waals surface area contributed by atoms with Gasteiger partial charge in [-0.25, -0.2) is 4.68 Å². The van der Waals surface area contributed by atoms with E-state index in [1.165, 1.54) is 16.4 Å². The molecule has 1 heterocycles. The van der Waals surface area contributed by atoms with Crippen molar-refractivity contribution in [2.75, 3.05) is 25.3 Å². The van der Waals surface area contributed by atoms with E-state index in [4.69, 9.17) is 26.9 Å². The average Bonchev–Trinajstić information content (AvgIpc) is 3.00. The Morgan fingerprint density at radius 2 is 1.88 bits per heavy atom. The summed E-state index contributed by atoms with van der Waals surface area (Å²) in [4.78, 5) is 0. The van der Waals surface area contributed by atoms with E-state index in [9.17, 15) is 0 Å². The predicted octanol–water partition coefficient (Wildman–Crippen LogP) is 3.49. The van der Waals surface area contributed by atoms with Gasteiger partial charge >= 0.3 is 0 Å². The highest BCUT2D eigenvalue weighted by Crippen LogP contribution is 2.24. The molecule has 3 rings (SSSR count). The van der Waals surface area contributed by atoms with Crippen molar-refractivity contribution in [1.29, 1.82) is 0 Å². The van der Waals surface area contributed by atoms with Gasteiger partial charge in [0, 0.05) is 16.3 Å². The van der Waals surface area contributed by atoms with Crippen molar-refractivity contribution in [1.82, 2.24) is 14.9 Å². The lowest BCUT2D eigenvalue weighted by Crippen LogP contribution is -2.12. The third-order valence-corrected chi connectivity index (χ3v) is 4.53. The summed E-state index contributed by atoms with van der Waals surface area (Å²) in [6.45, 7) is 0.524. The number of thioether (sulfide) groups is 1. The monoisotopic (exact) mass is 376 g/mol. The van der Waals surface area contributed by atoms with E-state index in [1.807, 2.05) is 36.4 Å². The lowest BCUT2D eigenvalue weighted by atomic mass is 10.2. The van der Waals surface area contributed by atoms with Crippen LogP contribution in [0.25, 0.3) is 11.4 Å². The summed E-state index contributed by atoms with van der Waals surface area (Å²) in [7, 11) is 1.63. The highest BCUT2D eigenvalue weighted by Gasteiger charge is 2.12. The Hall–Kier alpha value is -2.38. The van der Waals surface area contributed by atoms with Crippen LogP contribution in [0.15, 0.2) is 53.7 Å². The van der Waals surface area contributed by atoms with E-state index in [0.29, 0.717) is 28.4 Å². The number of rotatable bonds is 7. The lowest BCUT2D eigenvalue weighted by Gasteiger charge is -2.07. The number of hydrogen-bond acceptors (Lipinski definition) is 6. The first kappa shape index (κ1) is 17.4. The number of nitrogens with two attached hydrogens (primary N) is 1. The molecule has 0 unspecified atom stereocenters. The van der Waals surface area contributed by atoms with Crippen molar-refractivity contribution in [2.24, 2.45) is 0 Å². The first-order valence-corrected chi connectivity index (χ1v) is 8.90. The highest BCUT2D eigenvalue weighted by atomic mass is 35.5. The van der Waals surface area contributed by atoms with Gasteiger partial charge in [0.05, 0.1) is 13.7 Å². The number of ether oxygens (including phenoxy) is 2. The SMILES string of the molecule is COc1ccc(OCCSc2nnc(-c3cccc(Cl)c3)n2N)cc1. The van der Waals surface area contributed by atoms with Gasteiger partial charge in [-0.2, -0.15) is 0 Å². The fraction of sp³-hybridized carbons (Fsp3) is 0.176. The zero-order chi connectivity index (χ0) is 17.6. The van der Waals surface area contributed by atoms with Crippen molar-refractivity contribution in [2.45, 2.75) is 5.16 Å². The van der Waals surface area contributed by atoms with Crippen LogP contribution in [0.1, 0.15) is 0 Å². The minimum atomic E-state index is 0.524. The average molecular weight is 377 g/mol. The summed E-state index contributed by atoms with van der Waals surface area (Å²) < 4.78 is 12.3. The topological polar surface area (TPSA) is 75.2 Å². The molecule has 0 spiro atoms. The zero-order valence-corrected chi connectivity index (χ0v) is 15.1. The molecule has 130 valence electrons. The molecule has 6 nitrogen and oxygen atoms in total. The molecule has 8 heteroatoms. The van der Waals surface area contributed by atoms with Gasteiger partial charge in [0.25, 0.3) is 0 Å². The minimum absolute atomic E-state index is 0.524. The van der Waals surface area contributed by atoms with Crippen molar-refractivity contribution < 1.29 is 9.47 Å². The van der Waals surface area contributed by atoms with Gasteiger partial charge < -0.3 is 15.3 Å². The molecule has 3 aromatic rings. The molecule has 0 radical (unpaired) electrons. The Labute approximate surface area is 154 Å². The van der Waals surface area contributed by atoms with E-state index < -0.39 is 0 Å². The second kappa shape index (κ2) is 8.13. The van der Waals surface area contributed by atoms with Crippen LogP contribution in [0, 0.1) is 0 Å². The summed E-state index contributed by atoms with van der Waals surface area (Å²) in [6, 6.07) is 14.8. The molecule has 25 heavy (non-hydrogen) atoms. The second-order valence-corrected chi connectivity index (χ2v) is 6.56. The maximum atomic E-state index is 6.08. The Bertz CT molecular complexity index is 839. The van der Waals surface area contributed by atoms with Gasteiger partial charge in [0.2, 0.25) is 5.16 Å². The number of methoxy groups -OCH3 is 1. The minimum Gasteiger partial charge on any atom is -0.497 e. The molecule has 0 amide bonds. The van der Waals surface area contributed by atoms with Gasteiger partial charge in [-0.05, 0) is 36.4 Å². The first-order valence-electron chi connectivity index (χ1n) is 7.53. The second-order valence-electron chi connectivity index (χ2n) is 5.06. The maximum absolute atomic E-state index is 6.08. The molecule has 0 aliphatic carbocycles. The van der Waals surface area contributed by atoms with Gasteiger partial charge in [-0.15, -0.1) is 10.2 Å². The number of nitrogens with zero attached hydrogens (tertiary/aromatic N) is 3. The number of benzene rings is 2. The fourth-order valence-corrected chi connectivity index (χ4v) is 3.03. The molecule has 0 fully saturated rings. The van der Waals surface area contributed by atoms with Gasteiger partial charge in [0.1, 0.15) is 11.5 Å². The fourth-order valence-electron chi connectivity index (χ4n) is 2.16. The van der Waals surface area contributed by atoms with Gasteiger partial charge in [0.15, 0.2) is 5.82 Å². The van der Waals surface area contributed by atoms with Gasteiger partial charge in [-0.1, -0.05) is 35.5 Å². The summed E-state index contributed by atoms with van der Waals surface area (Å²) in [5, 5.41) is 9.51. The molecule has 0 aliphatic heterocycles. The maximum Gasteiger partial charge on any atom is 0.210 e. The molecule has 0 saturated carbocycles. The third-order valence-electron chi connectivity index (χ3n) is 3.39. The van der Waals surface area contributed by atoms with E-state index in [1.54, 1.807) is 19.2 Å². The largest absolute Gasteiger partial charge is 0.497 e. The predicted molar refractivity (Wildman–Crippen MR) is 99.8 cm³/mol. The number of aromatic nitrogens is 3. The van der Waals surface area contributed by atoms with Crippen molar-refractivity contribution in [3.8, 4) is 22.9 Å². The molecular weight excluding hydrogens is 360 g/mol. The van der Waals surface area contributed by atoms with Crippen molar-refractivity contribution >= 4 is 23.4 Å². The Morgan fingerprint density at radius 3 is 2.60 bits per heavy atom. The Balaban J connectivity index is 1.55.